The van der Waals surface area contributed by atoms with Gasteiger partial charge in [-0.1, -0.05) is 23.2 Å². The van der Waals surface area contributed by atoms with Crippen LogP contribution >= 0.6 is 23.2 Å². The summed E-state index contributed by atoms with van der Waals surface area (Å²) in [7, 11) is 0. The van der Waals surface area contributed by atoms with Crippen LogP contribution in [0.3, 0.4) is 0 Å². The molecule has 0 atom stereocenters. The summed E-state index contributed by atoms with van der Waals surface area (Å²) in [5.74, 6) is 1.48. The Bertz CT molecular complexity index is 676. The molecule has 0 bridgehead atoms. The third kappa shape index (κ3) is 3.12. The summed E-state index contributed by atoms with van der Waals surface area (Å²) in [6.07, 6.45) is 0. The van der Waals surface area contributed by atoms with E-state index in [1.165, 1.54) is 0 Å². The van der Waals surface area contributed by atoms with Gasteiger partial charge in [0.2, 0.25) is 0 Å². The van der Waals surface area contributed by atoms with Crippen molar-refractivity contribution in [3.63, 3.8) is 0 Å². The average Bonchev–Trinajstić information content (AvgIpc) is 2.48. The zero-order chi connectivity index (χ0) is 14.8. The second-order valence-electron chi connectivity index (χ2n) is 4.60. The zero-order valence-corrected chi connectivity index (χ0v) is 12.5. The van der Waals surface area contributed by atoms with Crippen molar-refractivity contribution in [3.8, 4) is 17.2 Å². The molecule has 110 valence electrons. The maximum absolute atomic E-state index is 9.80. The van der Waals surface area contributed by atoms with Gasteiger partial charge >= 0.3 is 0 Å². The highest BCUT2D eigenvalue weighted by atomic mass is 35.5. The molecule has 0 saturated carbocycles. The van der Waals surface area contributed by atoms with Crippen LogP contribution in [-0.4, -0.2) is 18.3 Å². The highest BCUT2D eigenvalue weighted by Crippen LogP contribution is 2.38. The van der Waals surface area contributed by atoms with E-state index >= 15 is 0 Å². The predicted molar refractivity (Wildman–Crippen MR) is 82.9 cm³/mol. The van der Waals surface area contributed by atoms with Crippen molar-refractivity contribution in [3.05, 3.63) is 45.9 Å². The van der Waals surface area contributed by atoms with E-state index in [1.807, 2.05) is 0 Å². The topological polar surface area (TPSA) is 50.7 Å². The second kappa shape index (κ2) is 5.92. The second-order valence-corrected chi connectivity index (χ2v) is 5.45. The predicted octanol–water partition coefficient (Wildman–Crippen LogP) is 4.08. The molecule has 1 heterocycles. The van der Waals surface area contributed by atoms with Gasteiger partial charge in [0, 0.05) is 29.3 Å². The Hall–Kier alpha value is -1.78. The molecule has 4 nitrogen and oxygen atoms in total. The molecule has 0 radical (unpaired) electrons. The number of halogens is 2. The minimum Gasteiger partial charge on any atom is -0.508 e. The number of benzene rings is 2. The van der Waals surface area contributed by atoms with Crippen LogP contribution in [0, 0.1) is 0 Å². The van der Waals surface area contributed by atoms with E-state index in [4.69, 9.17) is 32.7 Å². The number of rotatable bonds is 3. The highest BCUT2D eigenvalue weighted by molar-refractivity contribution is 6.33. The van der Waals surface area contributed by atoms with Crippen LogP contribution in [0.25, 0.3) is 0 Å². The van der Waals surface area contributed by atoms with Gasteiger partial charge in [-0.15, -0.1) is 0 Å². The molecule has 2 aromatic carbocycles. The number of phenols is 1. The summed E-state index contributed by atoms with van der Waals surface area (Å²) in [6, 6.07) is 8.41. The van der Waals surface area contributed by atoms with Gasteiger partial charge in [-0.2, -0.15) is 0 Å². The van der Waals surface area contributed by atoms with Crippen LogP contribution in [0.4, 0.5) is 5.69 Å². The maximum atomic E-state index is 9.80. The minimum absolute atomic E-state index is 0.181. The first kappa shape index (κ1) is 14.2. The van der Waals surface area contributed by atoms with Gasteiger partial charge in [0.1, 0.15) is 19.0 Å². The van der Waals surface area contributed by atoms with Crippen LogP contribution in [0.1, 0.15) is 5.56 Å². The van der Waals surface area contributed by atoms with Crippen molar-refractivity contribution in [2.75, 3.05) is 18.5 Å². The largest absolute Gasteiger partial charge is 0.508 e. The van der Waals surface area contributed by atoms with Crippen molar-refractivity contribution in [2.45, 2.75) is 6.54 Å². The summed E-state index contributed by atoms with van der Waals surface area (Å²) in [5, 5.41) is 14.1. The molecule has 0 aromatic heterocycles. The van der Waals surface area contributed by atoms with E-state index < -0.39 is 0 Å². The standard InChI is InChI=1S/C15H13Cl2NO3/c16-10-1-2-13(19)9(5-10)8-18-12-7-15-14(6-11(12)17)20-3-4-21-15/h1-2,5-7,18-19H,3-4,8H2. The van der Waals surface area contributed by atoms with E-state index in [0.717, 1.165) is 0 Å². The van der Waals surface area contributed by atoms with Crippen LogP contribution in [0.15, 0.2) is 30.3 Å². The lowest BCUT2D eigenvalue weighted by Gasteiger charge is -2.20. The van der Waals surface area contributed by atoms with Crippen LogP contribution in [-0.2, 0) is 6.54 Å². The Kier molecular flexibility index (Phi) is 3.99. The molecule has 0 unspecified atom stereocenters. The van der Waals surface area contributed by atoms with Gasteiger partial charge in [-0.3, -0.25) is 0 Å². The molecule has 0 saturated heterocycles. The van der Waals surface area contributed by atoms with Crippen molar-refractivity contribution < 1.29 is 14.6 Å². The fraction of sp³-hybridized carbons (Fsp3) is 0.200. The number of hydrogen-bond acceptors (Lipinski definition) is 4. The lowest BCUT2D eigenvalue weighted by molar-refractivity contribution is 0.171. The number of nitrogens with one attached hydrogen (secondary N) is 1. The molecule has 0 amide bonds. The Labute approximate surface area is 132 Å². The van der Waals surface area contributed by atoms with Crippen molar-refractivity contribution >= 4 is 28.9 Å². The Morgan fingerprint density at radius 2 is 1.76 bits per heavy atom. The lowest BCUT2D eigenvalue weighted by atomic mass is 10.2. The summed E-state index contributed by atoms with van der Waals surface area (Å²) in [5.41, 5.74) is 1.40. The number of fused-ring (bicyclic) bond motifs is 1. The fourth-order valence-corrected chi connectivity index (χ4v) is 2.50. The van der Waals surface area contributed by atoms with Crippen LogP contribution in [0.5, 0.6) is 17.2 Å². The number of ether oxygens (including phenoxy) is 2. The molecule has 1 aliphatic rings. The first-order valence-electron chi connectivity index (χ1n) is 6.44. The third-order valence-corrected chi connectivity index (χ3v) is 3.69. The van der Waals surface area contributed by atoms with Crippen molar-refractivity contribution in [1.29, 1.82) is 0 Å². The summed E-state index contributed by atoms with van der Waals surface area (Å²) < 4.78 is 11.0. The summed E-state index contributed by atoms with van der Waals surface area (Å²) in [6.45, 7) is 1.43. The van der Waals surface area contributed by atoms with E-state index in [1.54, 1.807) is 30.3 Å². The fourth-order valence-electron chi connectivity index (χ4n) is 2.09. The first-order chi connectivity index (χ1) is 10.1. The smallest absolute Gasteiger partial charge is 0.163 e. The molecule has 0 fully saturated rings. The molecular formula is C15H13Cl2NO3. The van der Waals surface area contributed by atoms with E-state index in [9.17, 15) is 5.11 Å². The van der Waals surface area contributed by atoms with Gasteiger partial charge in [-0.05, 0) is 18.2 Å². The molecule has 0 aliphatic carbocycles. The lowest BCUT2D eigenvalue weighted by Crippen LogP contribution is -2.15. The number of anilines is 1. The Balaban J connectivity index is 1.80. The number of hydrogen-bond donors (Lipinski definition) is 2. The molecule has 3 rings (SSSR count). The Morgan fingerprint density at radius 1 is 1.05 bits per heavy atom. The quantitative estimate of drug-likeness (QED) is 0.892. The van der Waals surface area contributed by atoms with Crippen molar-refractivity contribution in [1.82, 2.24) is 0 Å². The van der Waals surface area contributed by atoms with Gasteiger partial charge < -0.3 is 19.9 Å². The number of aromatic hydroxyl groups is 1. The minimum atomic E-state index is 0.181. The maximum Gasteiger partial charge on any atom is 0.163 e. The molecule has 2 aromatic rings. The van der Waals surface area contributed by atoms with E-state index in [2.05, 4.69) is 5.32 Å². The summed E-state index contributed by atoms with van der Waals surface area (Å²) >= 11 is 12.1. The van der Waals surface area contributed by atoms with Gasteiger partial charge in [0.15, 0.2) is 11.5 Å². The molecule has 0 spiro atoms. The molecule has 21 heavy (non-hydrogen) atoms. The van der Waals surface area contributed by atoms with E-state index in [-0.39, 0.29) is 5.75 Å². The molecule has 2 N–H and O–H groups in total. The van der Waals surface area contributed by atoms with Gasteiger partial charge in [0.25, 0.3) is 0 Å². The number of phenolic OH excluding ortho intramolecular Hbond substituents is 1. The normalized spacial score (nSPS) is 13.0. The van der Waals surface area contributed by atoms with Crippen molar-refractivity contribution in [2.24, 2.45) is 0 Å². The molecule has 1 aliphatic heterocycles. The van der Waals surface area contributed by atoms with Crippen LogP contribution in [0.2, 0.25) is 10.0 Å². The first-order valence-corrected chi connectivity index (χ1v) is 7.19. The van der Waals surface area contributed by atoms with Gasteiger partial charge in [0.05, 0.1) is 10.7 Å². The Morgan fingerprint density at radius 3 is 2.52 bits per heavy atom. The van der Waals surface area contributed by atoms with Crippen LogP contribution < -0.4 is 14.8 Å². The SMILES string of the molecule is Oc1ccc(Cl)cc1CNc1cc2c(cc1Cl)OCCO2. The average molecular weight is 326 g/mol. The third-order valence-electron chi connectivity index (χ3n) is 3.14. The monoisotopic (exact) mass is 325 g/mol. The summed E-state index contributed by atoms with van der Waals surface area (Å²) in [4.78, 5) is 0. The van der Waals surface area contributed by atoms with Gasteiger partial charge in [-0.25, -0.2) is 0 Å². The molecule has 6 heteroatoms. The molecular weight excluding hydrogens is 313 g/mol. The zero-order valence-electron chi connectivity index (χ0n) is 11.0. The van der Waals surface area contributed by atoms with E-state index in [0.29, 0.717) is 52.6 Å². The highest BCUT2D eigenvalue weighted by Gasteiger charge is 2.15.